The minimum absolute atomic E-state index is 0.0216. The third-order valence-electron chi connectivity index (χ3n) is 3.09. The molecule has 0 spiro atoms. The van der Waals surface area contributed by atoms with Gasteiger partial charge < -0.3 is 14.2 Å². The first-order valence-corrected chi connectivity index (χ1v) is 6.88. The summed E-state index contributed by atoms with van der Waals surface area (Å²) < 4.78 is 16.5. The van der Waals surface area contributed by atoms with Gasteiger partial charge in [0.2, 0.25) is 5.28 Å². The van der Waals surface area contributed by atoms with E-state index in [1.807, 2.05) is 0 Å². The number of ether oxygens (including phenoxy) is 3. The molecule has 3 rings (SSSR count). The van der Waals surface area contributed by atoms with Crippen molar-refractivity contribution in [2.24, 2.45) is 0 Å². The van der Waals surface area contributed by atoms with Crippen LogP contribution in [0, 0.1) is 0 Å². The molecule has 2 heterocycles. The Morgan fingerprint density at radius 3 is 2.80 bits per heavy atom. The quantitative estimate of drug-likeness (QED) is 0.643. The van der Waals surface area contributed by atoms with E-state index in [0.29, 0.717) is 35.6 Å². The van der Waals surface area contributed by atoms with Crippen molar-refractivity contribution in [2.75, 3.05) is 20.3 Å². The van der Waals surface area contributed by atoms with Gasteiger partial charge >= 0.3 is 0 Å². The summed E-state index contributed by atoms with van der Waals surface area (Å²) in [5.41, 5.74) is 0.613. The van der Waals surface area contributed by atoms with Crippen LogP contribution in [0.2, 0.25) is 10.4 Å². The molecule has 1 aliphatic heterocycles. The number of halogens is 2. The second-order valence-corrected chi connectivity index (χ2v) is 5.10. The van der Waals surface area contributed by atoms with Crippen LogP contribution in [0.5, 0.6) is 11.5 Å². The number of nitrogens with zero attached hydrogens (tertiary/aromatic N) is 2. The first-order chi connectivity index (χ1) is 9.67. The highest BCUT2D eigenvalue weighted by molar-refractivity contribution is 6.35. The standard InChI is InChI=1S/C13H12Cl2N2O3/c1-18-10-5-9-8(12(14)17-13(15)16-9)4-11(10)20-7-2-3-19-6-7/h4-5,7H,2-3,6H2,1H3/t7-/m0/s1. The maximum Gasteiger partial charge on any atom is 0.224 e. The van der Waals surface area contributed by atoms with Gasteiger partial charge in [0.05, 0.1) is 25.8 Å². The summed E-state index contributed by atoms with van der Waals surface area (Å²) in [5, 5.41) is 1.06. The molecular weight excluding hydrogens is 303 g/mol. The SMILES string of the molecule is COc1cc2nc(Cl)nc(Cl)c2cc1O[C@H]1CCOC1. The third-order valence-corrected chi connectivity index (χ3v) is 3.55. The summed E-state index contributed by atoms with van der Waals surface area (Å²) in [6.07, 6.45) is 0.875. The van der Waals surface area contributed by atoms with E-state index < -0.39 is 0 Å². The molecule has 1 aromatic carbocycles. The lowest BCUT2D eigenvalue weighted by atomic mass is 10.2. The van der Waals surface area contributed by atoms with Gasteiger partial charge in [-0.3, -0.25) is 0 Å². The van der Waals surface area contributed by atoms with Gasteiger partial charge in [0.1, 0.15) is 11.3 Å². The van der Waals surface area contributed by atoms with E-state index in [0.717, 1.165) is 6.42 Å². The smallest absolute Gasteiger partial charge is 0.224 e. The highest BCUT2D eigenvalue weighted by atomic mass is 35.5. The molecule has 20 heavy (non-hydrogen) atoms. The molecule has 1 fully saturated rings. The van der Waals surface area contributed by atoms with Crippen molar-refractivity contribution >= 4 is 34.1 Å². The van der Waals surface area contributed by atoms with Gasteiger partial charge in [0.15, 0.2) is 11.5 Å². The first kappa shape index (κ1) is 13.7. The highest BCUT2D eigenvalue weighted by Crippen LogP contribution is 2.35. The summed E-state index contributed by atoms with van der Waals surface area (Å²) >= 11 is 11.9. The molecule has 1 saturated heterocycles. The average Bonchev–Trinajstić information content (AvgIpc) is 2.91. The summed E-state index contributed by atoms with van der Waals surface area (Å²) in [5.74, 6) is 1.18. The number of methoxy groups -OCH3 is 1. The van der Waals surface area contributed by atoms with Gasteiger partial charge in [-0.05, 0) is 17.7 Å². The monoisotopic (exact) mass is 314 g/mol. The maximum atomic E-state index is 6.09. The predicted molar refractivity (Wildman–Crippen MR) is 76.0 cm³/mol. The zero-order valence-corrected chi connectivity index (χ0v) is 12.2. The Hall–Kier alpha value is -1.30. The molecule has 5 nitrogen and oxygen atoms in total. The summed E-state index contributed by atoms with van der Waals surface area (Å²) in [6, 6.07) is 3.51. The van der Waals surface area contributed by atoms with E-state index >= 15 is 0 Å². The summed E-state index contributed by atoms with van der Waals surface area (Å²) in [6.45, 7) is 1.28. The van der Waals surface area contributed by atoms with Crippen molar-refractivity contribution in [2.45, 2.75) is 12.5 Å². The Balaban J connectivity index is 2.05. The molecule has 7 heteroatoms. The van der Waals surface area contributed by atoms with Crippen LogP contribution in [0.25, 0.3) is 10.9 Å². The lowest BCUT2D eigenvalue weighted by molar-refractivity contribution is 0.139. The number of hydrogen-bond donors (Lipinski definition) is 0. The first-order valence-electron chi connectivity index (χ1n) is 6.12. The largest absolute Gasteiger partial charge is 0.493 e. The Morgan fingerprint density at radius 2 is 2.10 bits per heavy atom. The Labute approximate surface area is 125 Å². The number of aromatic nitrogens is 2. The number of rotatable bonds is 3. The molecule has 0 N–H and O–H groups in total. The Kier molecular flexibility index (Phi) is 3.83. The molecule has 1 atom stereocenters. The zero-order valence-electron chi connectivity index (χ0n) is 10.7. The van der Waals surface area contributed by atoms with Crippen LogP contribution in [-0.2, 0) is 4.74 Å². The second kappa shape index (κ2) is 5.60. The molecular formula is C13H12Cl2N2O3. The molecule has 2 aromatic rings. The molecule has 0 radical (unpaired) electrons. The van der Waals surface area contributed by atoms with Gasteiger partial charge in [-0.25, -0.2) is 9.97 Å². The summed E-state index contributed by atoms with van der Waals surface area (Å²) in [4.78, 5) is 8.06. The van der Waals surface area contributed by atoms with E-state index in [-0.39, 0.29) is 16.5 Å². The van der Waals surface area contributed by atoms with Crippen molar-refractivity contribution in [1.82, 2.24) is 9.97 Å². The van der Waals surface area contributed by atoms with Gasteiger partial charge in [0, 0.05) is 17.9 Å². The lowest BCUT2D eigenvalue weighted by Crippen LogP contribution is -2.16. The van der Waals surface area contributed by atoms with Crippen molar-refractivity contribution < 1.29 is 14.2 Å². The maximum absolute atomic E-state index is 6.09. The van der Waals surface area contributed by atoms with Gasteiger partial charge in [-0.15, -0.1) is 0 Å². The Bertz CT molecular complexity index is 645. The molecule has 1 aromatic heterocycles. The third kappa shape index (κ3) is 2.61. The van der Waals surface area contributed by atoms with Crippen LogP contribution in [0.1, 0.15) is 6.42 Å². The highest BCUT2D eigenvalue weighted by Gasteiger charge is 2.20. The number of hydrogen-bond acceptors (Lipinski definition) is 5. The predicted octanol–water partition coefficient (Wildman–Crippen LogP) is 3.11. The normalized spacial score (nSPS) is 18.4. The van der Waals surface area contributed by atoms with Crippen molar-refractivity contribution in [3.05, 3.63) is 22.6 Å². The van der Waals surface area contributed by atoms with Crippen LogP contribution in [0.3, 0.4) is 0 Å². The molecule has 0 saturated carbocycles. The molecule has 0 bridgehead atoms. The minimum atomic E-state index is 0.0216. The van der Waals surface area contributed by atoms with E-state index in [9.17, 15) is 0 Å². The van der Waals surface area contributed by atoms with Gasteiger partial charge in [-0.2, -0.15) is 0 Å². The average molecular weight is 315 g/mol. The minimum Gasteiger partial charge on any atom is -0.493 e. The fraction of sp³-hybridized carbons (Fsp3) is 0.385. The van der Waals surface area contributed by atoms with Crippen molar-refractivity contribution in [1.29, 1.82) is 0 Å². The van der Waals surface area contributed by atoms with E-state index in [1.54, 1.807) is 19.2 Å². The van der Waals surface area contributed by atoms with E-state index in [1.165, 1.54) is 0 Å². The van der Waals surface area contributed by atoms with E-state index in [2.05, 4.69) is 9.97 Å². The molecule has 0 aliphatic carbocycles. The second-order valence-electron chi connectivity index (χ2n) is 4.41. The molecule has 0 amide bonds. The van der Waals surface area contributed by atoms with Crippen LogP contribution in [0.15, 0.2) is 12.1 Å². The number of benzene rings is 1. The van der Waals surface area contributed by atoms with Gasteiger partial charge in [-0.1, -0.05) is 11.6 Å². The lowest BCUT2D eigenvalue weighted by Gasteiger charge is -2.15. The van der Waals surface area contributed by atoms with Crippen molar-refractivity contribution in [3.63, 3.8) is 0 Å². The topological polar surface area (TPSA) is 53.5 Å². The fourth-order valence-corrected chi connectivity index (χ4v) is 2.56. The molecule has 1 aliphatic rings. The number of fused-ring (bicyclic) bond motifs is 1. The van der Waals surface area contributed by atoms with Crippen LogP contribution in [0.4, 0.5) is 0 Å². The molecule has 0 unspecified atom stereocenters. The van der Waals surface area contributed by atoms with E-state index in [4.69, 9.17) is 37.4 Å². The van der Waals surface area contributed by atoms with Crippen LogP contribution >= 0.6 is 23.2 Å². The van der Waals surface area contributed by atoms with Crippen molar-refractivity contribution in [3.8, 4) is 11.5 Å². The van der Waals surface area contributed by atoms with Crippen LogP contribution in [-0.4, -0.2) is 36.4 Å². The zero-order chi connectivity index (χ0) is 14.1. The molecule has 106 valence electrons. The summed E-state index contributed by atoms with van der Waals surface area (Å²) in [7, 11) is 1.57. The van der Waals surface area contributed by atoms with Gasteiger partial charge in [0.25, 0.3) is 0 Å². The fourth-order valence-electron chi connectivity index (χ4n) is 2.11. The Morgan fingerprint density at radius 1 is 1.25 bits per heavy atom. The van der Waals surface area contributed by atoms with Crippen LogP contribution < -0.4 is 9.47 Å².